The van der Waals surface area contributed by atoms with E-state index in [0.29, 0.717) is 23.2 Å². The Hall–Kier alpha value is -1.07. The molecule has 0 spiro atoms. The predicted molar refractivity (Wildman–Crippen MR) is 90.4 cm³/mol. The molecular formula is C16H24BrN3O. The lowest BCUT2D eigenvalue weighted by molar-refractivity contribution is 0.0946. The van der Waals surface area contributed by atoms with Crippen LogP contribution in [0.4, 0.5) is 5.69 Å². The highest BCUT2D eigenvalue weighted by Gasteiger charge is 2.24. The number of carbonyl (C=O) groups is 1. The van der Waals surface area contributed by atoms with E-state index in [-0.39, 0.29) is 5.91 Å². The molecule has 1 aliphatic rings. The molecule has 0 radical (unpaired) electrons. The first-order valence-electron chi connectivity index (χ1n) is 7.46. The van der Waals surface area contributed by atoms with E-state index in [1.165, 1.54) is 0 Å². The second kappa shape index (κ2) is 6.79. The maximum absolute atomic E-state index is 12.3. The van der Waals surface area contributed by atoms with Crippen molar-refractivity contribution in [3.8, 4) is 0 Å². The summed E-state index contributed by atoms with van der Waals surface area (Å²) in [6, 6.07) is 4.23. The molecule has 1 aromatic rings. The van der Waals surface area contributed by atoms with Crippen LogP contribution in [0.2, 0.25) is 0 Å². The molecule has 1 atom stereocenters. The van der Waals surface area contributed by atoms with Gasteiger partial charge in [-0.3, -0.25) is 4.79 Å². The molecule has 0 bridgehead atoms. The largest absolute Gasteiger partial charge is 0.398 e. The van der Waals surface area contributed by atoms with Crippen LogP contribution in [-0.2, 0) is 0 Å². The van der Waals surface area contributed by atoms with Gasteiger partial charge in [-0.2, -0.15) is 0 Å². The predicted octanol–water partition coefficient (Wildman–Crippen LogP) is 2.80. The number of hydrogen-bond acceptors (Lipinski definition) is 3. The van der Waals surface area contributed by atoms with Crippen LogP contribution in [0.15, 0.2) is 16.6 Å². The molecule has 4 nitrogen and oxygen atoms in total. The highest BCUT2D eigenvalue weighted by atomic mass is 79.9. The summed E-state index contributed by atoms with van der Waals surface area (Å²) in [7, 11) is 0. The number of anilines is 1. The van der Waals surface area contributed by atoms with Crippen molar-refractivity contribution in [3.63, 3.8) is 0 Å². The van der Waals surface area contributed by atoms with Gasteiger partial charge in [-0.1, -0.05) is 15.9 Å². The SMILES string of the molecule is Cc1c(N)cc(Br)cc1C(=O)NCC1CCN(C(C)C)C1. The Bertz CT molecular complexity index is 530. The van der Waals surface area contributed by atoms with Gasteiger partial charge in [-0.15, -0.1) is 0 Å². The van der Waals surface area contributed by atoms with Gasteiger partial charge in [0.25, 0.3) is 5.91 Å². The summed E-state index contributed by atoms with van der Waals surface area (Å²) in [6.07, 6.45) is 1.15. The van der Waals surface area contributed by atoms with E-state index in [0.717, 1.165) is 36.1 Å². The van der Waals surface area contributed by atoms with E-state index < -0.39 is 0 Å². The first-order valence-corrected chi connectivity index (χ1v) is 8.25. The molecule has 3 N–H and O–H groups in total. The van der Waals surface area contributed by atoms with Gasteiger partial charge in [0.05, 0.1) is 0 Å². The zero-order valence-corrected chi connectivity index (χ0v) is 14.5. The maximum atomic E-state index is 12.3. The Morgan fingerprint density at radius 2 is 2.24 bits per heavy atom. The molecule has 1 saturated heterocycles. The molecule has 0 saturated carbocycles. The van der Waals surface area contributed by atoms with Crippen LogP contribution >= 0.6 is 15.9 Å². The van der Waals surface area contributed by atoms with Crippen LogP contribution in [0.1, 0.15) is 36.2 Å². The molecule has 21 heavy (non-hydrogen) atoms. The van der Waals surface area contributed by atoms with Gasteiger partial charge in [-0.25, -0.2) is 0 Å². The van der Waals surface area contributed by atoms with E-state index in [4.69, 9.17) is 5.73 Å². The minimum absolute atomic E-state index is 0.0384. The van der Waals surface area contributed by atoms with E-state index >= 15 is 0 Å². The lowest BCUT2D eigenvalue weighted by Crippen LogP contribution is -2.33. The average molecular weight is 354 g/mol. The van der Waals surface area contributed by atoms with E-state index in [1.807, 2.05) is 19.1 Å². The Balaban J connectivity index is 1.94. The molecule has 1 heterocycles. The topological polar surface area (TPSA) is 58.4 Å². The highest BCUT2D eigenvalue weighted by Crippen LogP contribution is 2.23. The van der Waals surface area contributed by atoms with Crippen LogP contribution in [0, 0.1) is 12.8 Å². The molecule has 1 aliphatic heterocycles. The number of nitrogens with one attached hydrogen (secondary N) is 1. The van der Waals surface area contributed by atoms with Crippen molar-refractivity contribution in [2.75, 3.05) is 25.4 Å². The van der Waals surface area contributed by atoms with Gasteiger partial charge in [-0.05, 0) is 57.4 Å². The molecule has 0 aliphatic carbocycles. The summed E-state index contributed by atoms with van der Waals surface area (Å²) in [4.78, 5) is 14.8. The van der Waals surface area contributed by atoms with Gasteiger partial charge < -0.3 is 16.0 Å². The highest BCUT2D eigenvalue weighted by molar-refractivity contribution is 9.10. The van der Waals surface area contributed by atoms with Gasteiger partial charge in [0.1, 0.15) is 0 Å². The Kier molecular flexibility index (Phi) is 5.27. The summed E-state index contributed by atoms with van der Waals surface area (Å²) in [6.45, 7) is 9.24. The Labute approximate surface area is 135 Å². The molecule has 1 aromatic carbocycles. The summed E-state index contributed by atoms with van der Waals surface area (Å²) in [5, 5.41) is 3.05. The van der Waals surface area contributed by atoms with Crippen LogP contribution in [0.25, 0.3) is 0 Å². The quantitative estimate of drug-likeness (QED) is 0.818. The number of hydrogen-bond donors (Lipinski definition) is 2. The van der Waals surface area contributed by atoms with Crippen LogP contribution in [-0.4, -0.2) is 36.5 Å². The van der Waals surface area contributed by atoms with Gasteiger partial charge in [0, 0.05) is 34.9 Å². The number of rotatable bonds is 4. The second-order valence-corrected chi connectivity index (χ2v) is 7.04. The number of nitrogen functional groups attached to an aromatic ring is 1. The molecule has 5 heteroatoms. The number of halogens is 1. The number of carbonyl (C=O) groups excluding carboxylic acids is 1. The molecule has 1 unspecified atom stereocenters. The average Bonchev–Trinajstić information content (AvgIpc) is 2.89. The summed E-state index contributed by atoms with van der Waals surface area (Å²) < 4.78 is 0.836. The third-order valence-electron chi connectivity index (χ3n) is 4.26. The standard InChI is InChI=1S/C16H24BrN3O/c1-10(2)20-5-4-12(9-20)8-19-16(21)14-6-13(17)7-15(18)11(14)3/h6-7,10,12H,4-5,8-9,18H2,1-3H3,(H,19,21). The zero-order chi connectivity index (χ0) is 15.6. The van der Waals surface area contributed by atoms with Crippen LogP contribution < -0.4 is 11.1 Å². The minimum atomic E-state index is -0.0384. The molecule has 116 valence electrons. The zero-order valence-electron chi connectivity index (χ0n) is 12.9. The summed E-state index contributed by atoms with van der Waals surface area (Å²) in [5.74, 6) is 0.504. The molecule has 0 aromatic heterocycles. The third-order valence-corrected chi connectivity index (χ3v) is 4.71. The molecule has 2 rings (SSSR count). The summed E-state index contributed by atoms with van der Waals surface area (Å²) >= 11 is 3.39. The Morgan fingerprint density at radius 3 is 2.86 bits per heavy atom. The number of amides is 1. The van der Waals surface area contributed by atoms with Gasteiger partial charge in [0.2, 0.25) is 0 Å². The first-order chi connectivity index (χ1) is 9.88. The monoisotopic (exact) mass is 353 g/mol. The van der Waals surface area contributed by atoms with E-state index in [2.05, 4.69) is 40.0 Å². The van der Waals surface area contributed by atoms with Crippen molar-refractivity contribution in [1.29, 1.82) is 0 Å². The summed E-state index contributed by atoms with van der Waals surface area (Å²) in [5.41, 5.74) is 8.04. The van der Waals surface area contributed by atoms with E-state index in [9.17, 15) is 4.79 Å². The van der Waals surface area contributed by atoms with Crippen molar-refractivity contribution in [2.45, 2.75) is 33.2 Å². The van der Waals surface area contributed by atoms with Crippen LogP contribution in [0.5, 0.6) is 0 Å². The minimum Gasteiger partial charge on any atom is -0.398 e. The van der Waals surface area contributed by atoms with Crippen molar-refractivity contribution < 1.29 is 4.79 Å². The smallest absolute Gasteiger partial charge is 0.251 e. The van der Waals surface area contributed by atoms with E-state index in [1.54, 1.807) is 0 Å². The van der Waals surface area contributed by atoms with Gasteiger partial charge >= 0.3 is 0 Å². The fourth-order valence-corrected chi connectivity index (χ4v) is 3.24. The number of likely N-dealkylation sites (tertiary alicyclic amines) is 1. The number of benzene rings is 1. The van der Waals surface area contributed by atoms with Crippen LogP contribution in [0.3, 0.4) is 0 Å². The number of nitrogens with two attached hydrogens (primary N) is 1. The number of nitrogens with zero attached hydrogens (tertiary/aromatic N) is 1. The molecule has 1 fully saturated rings. The van der Waals surface area contributed by atoms with Crippen molar-refractivity contribution in [3.05, 3.63) is 27.7 Å². The van der Waals surface area contributed by atoms with Crippen molar-refractivity contribution >= 4 is 27.5 Å². The third kappa shape index (κ3) is 3.98. The molecule has 1 amide bonds. The lowest BCUT2D eigenvalue weighted by Gasteiger charge is -2.20. The normalized spacial score (nSPS) is 19.2. The Morgan fingerprint density at radius 1 is 1.52 bits per heavy atom. The second-order valence-electron chi connectivity index (χ2n) is 6.12. The maximum Gasteiger partial charge on any atom is 0.251 e. The fraction of sp³-hybridized carbons (Fsp3) is 0.562. The molecular weight excluding hydrogens is 330 g/mol. The van der Waals surface area contributed by atoms with Crippen molar-refractivity contribution in [1.82, 2.24) is 10.2 Å². The first kappa shape index (κ1) is 16.3. The lowest BCUT2D eigenvalue weighted by atomic mass is 10.1. The fourth-order valence-electron chi connectivity index (χ4n) is 2.77. The van der Waals surface area contributed by atoms with Crippen molar-refractivity contribution in [2.24, 2.45) is 5.92 Å². The van der Waals surface area contributed by atoms with Gasteiger partial charge in [0.15, 0.2) is 0 Å².